The average Bonchev–Trinajstić information content (AvgIpc) is 3.06. The van der Waals surface area contributed by atoms with Crippen molar-refractivity contribution in [3.05, 3.63) is 29.3 Å². The first-order valence-corrected chi connectivity index (χ1v) is 11.3. The number of hydrogen-bond acceptors (Lipinski definition) is 5. The molecule has 0 saturated carbocycles. The van der Waals surface area contributed by atoms with Gasteiger partial charge in [0.25, 0.3) is 5.91 Å². The standard InChI is InChI=1S/C23H34N4O3/c1-2-3-4-6-14-26(15-7-5-13-24)19-10-8-9-17-18(19)16-27(23(17)30)20-11-12-21(28)25-22(20)29/h8-10,20H,2-7,11-16,24H2,1H3,(H,25,28,29). The third-order valence-corrected chi connectivity index (χ3v) is 6.06. The number of nitrogens with zero attached hydrogens (tertiary/aromatic N) is 2. The number of imide groups is 1. The molecular weight excluding hydrogens is 380 g/mol. The highest BCUT2D eigenvalue weighted by Gasteiger charge is 2.40. The van der Waals surface area contributed by atoms with Gasteiger partial charge in [0.05, 0.1) is 0 Å². The van der Waals surface area contributed by atoms with Crippen molar-refractivity contribution in [3.63, 3.8) is 0 Å². The van der Waals surface area contributed by atoms with Crippen molar-refractivity contribution in [2.45, 2.75) is 70.9 Å². The Balaban J connectivity index is 1.79. The van der Waals surface area contributed by atoms with Gasteiger partial charge in [-0.3, -0.25) is 19.7 Å². The molecule has 0 bridgehead atoms. The van der Waals surface area contributed by atoms with Gasteiger partial charge < -0.3 is 15.5 Å². The summed E-state index contributed by atoms with van der Waals surface area (Å²) in [5.74, 6) is -0.748. The van der Waals surface area contributed by atoms with Gasteiger partial charge in [-0.2, -0.15) is 0 Å². The quantitative estimate of drug-likeness (QED) is 0.429. The van der Waals surface area contributed by atoms with Gasteiger partial charge in [0.2, 0.25) is 11.8 Å². The number of carbonyl (C=O) groups is 3. The van der Waals surface area contributed by atoms with E-state index < -0.39 is 6.04 Å². The topological polar surface area (TPSA) is 95.7 Å². The Labute approximate surface area is 179 Å². The summed E-state index contributed by atoms with van der Waals surface area (Å²) in [4.78, 5) is 40.9. The van der Waals surface area contributed by atoms with Gasteiger partial charge in [-0.1, -0.05) is 32.3 Å². The van der Waals surface area contributed by atoms with Crippen molar-refractivity contribution in [1.82, 2.24) is 10.2 Å². The molecule has 3 rings (SSSR count). The molecule has 0 aromatic heterocycles. The van der Waals surface area contributed by atoms with Crippen molar-refractivity contribution in [2.75, 3.05) is 24.5 Å². The third-order valence-electron chi connectivity index (χ3n) is 6.06. The molecule has 7 heteroatoms. The van der Waals surface area contributed by atoms with E-state index in [1.165, 1.54) is 19.3 Å². The van der Waals surface area contributed by atoms with E-state index in [9.17, 15) is 14.4 Å². The summed E-state index contributed by atoms with van der Waals surface area (Å²) < 4.78 is 0. The molecule has 1 aromatic rings. The smallest absolute Gasteiger partial charge is 0.255 e. The maximum atomic E-state index is 13.1. The minimum Gasteiger partial charge on any atom is -0.371 e. The molecule has 2 heterocycles. The van der Waals surface area contributed by atoms with Crippen molar-refractivity contribution < 1.29 is 14.4 Å². The van der Waals surface area contributed by atoms with Crippen LogP contribution in [0.15, 0.2) is 18.2 Å². The van der Waals surface area contributed by atoms with Crippen LogP contribution in [0.3, 0.4) is 0 Å². The normalized spacial score (nSPS) is 18.5. The molecule has 0 spiro atoms. The number of amides is 3. The average molecular weight is 415 g/mol. The Bertz CT molecular complexity index is 780. The second kappa shape index (κ2) is 10.6. The predicted octanol–water partition coefficient (Wildman–Crippen LogP) is 2.57. The number of anilines is 1. The molecule has 2 aliphatic heterocycles. The molecule has 3 amide bonds. The summed E-state index contributed by atoms with van der Waals surface area (Å²) in [7, 11) is 0. The minimum atomic E-state index is -0.578. The second-order valence-electron chi connectivity index (χ2n) is 8.25. The molecule has 30 heavy (non-hydrogen) atoms. The number of carbonyl (C=O) groups excluding carboxylic acids is 3. The van der Waals surface area contributed by atoms with Crippen LogP contribution in [0.1, 0.15) is 74.2 Å². The Morgan fingerprint density at radius 3 is 2.57 bits per heavy atom. The maximum Gasteiger partial charge on any atom is 0.255 e. The Hall–Kier alpha value is -2.41. The largest absolute Gasteiger partial charge is 0.371 e. The number of piperidine rings is 1. The summed E-state index contributed by atoms with van der Waals surface area (Å²) in [6.07, 6.45) is 7.38. The van der Waals surface area contributed by atoms with Crippen LogP contribution in [0.5, 0.6) is 0 Å². The lowest BCUT2D eigenvalue weighted by atomic mass is 10.0. The van der Waals surface area contributed by atoms with Gasteiger partial charge in [-0.15, -0.1) is 0 Å². The van der Waals surface area contributed by atoms with E-state index in [1.807, 2.05) is 12.1 Å². The number of benzene rings is 1. The Morgan fingerprint density at radius 2 is 1.87 bits per heavy atom. The van der Waals surface area contributed by atoms with Crippen molar-refractivity contribution >= 4 is 23.4 Å². The van der Waals surface area contributed by atoms with E-state index in [0.29, 0.717) is 25.1 Å². The fourth-order valence-electron chi connectivity index (χ4n) is 4.39. The molecule has 1 fully saturated rings. The molecule has 0 radical (unpaired) electrons. The monoisotopic (exact) mass is 414 g/mol. The predicted molar refractivity (Wildman–Crippen MR) is 117 cm³/mol. The Morgan fingerprint density at radius 1 is 1.10 bits per heavy atom. The maximum absolute atomic E-state index is 13.1. The first-order chi connectivity index (χ1) is 14.6. The van der Waals surface area contributed by atoms with Crippen LogP contribution >= 0.6 is 0 Å². The SMILES string of the molecule is CCCCCCN(CCCCN)c1cccc2c1CN(C1CCC(=O)NC1=O)C2=O. The van der Waals surface area contributed by atoms with Gasteiger partial charge >= 0.3 is 0 Å². The lowest BCUT2D eigenvalue weighted by Gasteiger charge is -2.30. The highest BCUT2D eigenvalue weighted by molar-refractivity contribution is 6.06. The van der Waals surface area contributed by atoms with Gasteiger partial charge in [0, 0.05) is 42.9 Å². The number of nitrogens with two attached hydrogens (primary N) is 1. The fourth-order valence-corrected chi connectivity index (χ4v) is 4.39. The van der Waals surface area contributed by atoms with Crippen LogP contribution in [0.4, 0.5) is 5.69 Å². The molecule has 1 atom stereocenters. The zero-order valence-corrected chi connectivity index (χ0v) is 18.0. The number of rotatable bonds is 11. The van der Waals surface area contributed by atoms with Crippen LogP contribution in [-0.4, -0.2) is 48.3 Å². The summed E-state index contributed by atoms with van der Waals surface area (Å²) in [6.45, 7) is 5.16. The van der Waals surface area contributed by atoms with Gasteiger partial charge in [0.1, 0.15) is 6.04 Å². The number of unbranched alkanes of at least 4 members (excludes halogenated alkanes) is 4. The zero-order valence-electron chi connectivity index (χ0n) is 18.0. The van der Waals surface area contributed by atoms with E-state index >= 15 is 0 Å². The molecule has 3 N–H and O–H groups in total. The van der Waals surface area contributed by atoms with E-state index in [-0.39, 0.29) is 24.1 Å². The van der Waals surface area contributed by atoms with E-state index in [1.54, 1.807) is 4.90 Å². The molecule has 7 nitrogen and oxygen atoms in total. The second-order valence-corrected chi connectivity index (χ2v) is 8.25. The molecule has 1 saturated heterocycles. The lowest BCUT2D eigenvalue weighted by molar-refractivity contribution is -0.136. The van der Waals surface area contributed by atoms with E-state index in [2.05, 4.69) is 23.2 Å². The van der Waals surface area contributed by atoms with Gasteiger partial charge in [-0.25, -0.2) is 0 Å². The van der Waals surface area contributed by atoms with Crippen molar-refractivity contribution in [2.24, 2.45) is 5.73 Å². The van der Waals surface area contributed by atoms with Crippen molar-refractivity contribution in [1.29, 1.82) is 0 Å². The highest BCUT2D eigenvalue weighted by Crippen LogP contribution is 2.34. The minimum absolute atomic E-state index is 0.116. The van der Waals surface area contributed by atoms with Crippen LogP contribution in [0.2, 0.25) is 0 Å². The first-order valence-electron chi connectivity index (χ1n) is 11.3. The highest BCUT2D eigenvalue weighted by atomic mass is 16.2. The summed E-state index contributed by atoms with van der Waals surface area (Å²) in [5.41, 5.74) is 8.45. The number of fused-ring (bicyclic) bond motifs is 1. The van der Waals surface area contributed by atoms with Gasteiger partial charge in [-0.05, 0) is 44.4 Å². The van der Waals surface area contributed by atoms with Crippen LogP contribution in [-0.2, 0) is 16.1 Å². The first kappa shape index (κ1) is 22.3. The number of nitrogens with one attached hydrogen (secondary N) is 1. The van der Waals surface area contributed by atoms with Crippen molar-refractivity contribution in [3.8, 4) is 0 Å². The van der Waals surface area contributed by atoms with E-state index in [0.717, 1.165) is 43.6 Å². The fraction of sp³-hybridized carbons (Fsp3) is 0.609. The third kappa shape index (κ3) is 5.01. The van der Waals surface area contributed by atoms with Crippen LogP contribution < -0.4 is 16.0 Å². The Kier molecular flexibility index (Phi) is 7.85. The molecule has 1 unspecified atom stereocenters. The molecule has 164 valence electrons. The van der Waals surface area contributed by atoms with Gasteiger partial charge in [0.15, 0.2) is 0 Å². The lowest BCUT2D eigenvalue weighted by Crippen LogP contribution is -2.52. The summed E-state index contributed by atoms with van der Waals surface area (Å²) in [5, 5.41) is 2.37. The van der Waals surface area contributed by atoms with Crippen LogP contribution in [0, 0.1) is 0 Å². The van der Waals surface area contributed by atoms with Crippen LogP contribution in [0.25, 0.3) is 0 Å². The molecule has 0 aliphatic carbocycles. The van der Waals surface area contributed by atoms with E-state index in [4.69, 9.17) is 5.73 Å². The molecule has 2 aliphatic rings. The zero-order chi connectivity index (χ0) is 21.5. The molecular formula is C23H34N4O3. The number of hydrogen-bond donors (Lipinski definition) is 2. The molecule has 1 aromatic carbocycles. The summed E-state index contributed by atoms with van der Waals surface area (Å²) >= 11 is 0. The summed E-state index contributed by atoms with van der Waals surface area (Å²) in [6, 6.07) is 5.29.